The third-order valence-electron chi connectivity index (χ3n) is 5.07. The molecule has 156 valence electrons. The van der Waals surface area contributed by atoms with Crippen LogP contribution < -0.4 is 15.5 Å². The first-order valence-corrected chi connectivity index (χ1v) is 9.41. The molecular formula is C18H22F3N7O. The predicted molar refractivity (Wildman–Crippen MR) is 101 cm³/mol. The second kappa shape index (κ2) is 7.29. The van der Waals surface area contributed by atoms with Gasteiger partial charge in [-0.2, -0.15) is 18.2 Å². The highest BCUT2D eigenvalue weighted by Gasteiger charge is 2.37. The number of halogens is 3. The summed E-state index contributed by atoms with van der Waals surface area (Å²) in [5, 5.41) is 0. The fourth-order valence-corrected chi connectivity index (χ4v) is 3.56. The Balaban J connectivity index is 1.83. The summed E-state index contributed by atoms with van der Waals surface area (Å²) in [7, 11) is 0. The molecule has 2 aliphatic rings. The number of nitrogens with two attached hydrogens (primary N) is 1. The van der Waals surface area contributed by atoms with Gasteiger partial charge in [-0.15, -0.1) is 0 Å². The molecule has 4 heterocycles. The number of aromatic nitrogens is 4. The normalized spacial score (nSPS) is 20.7. The molecule has 0 saturated carbocycles. The van der Waals surface area contributed by atoms with E-state index in [1.54, 1.807) is 6.07 Å². The molecule has 2 fully saturated rings. The lowest BCUT2D eigenvalue weighted by Crippen LogP contribution is -2.47. The minimum atomic E-state index is -4.69. The van der Waals surface area contributed by atoms with Gasteiger partial charge >= 0.3 is 6.18 Å². The van der Waals surface area contributed by atoms with E-state index in [0.29, 0.717) is 37.4 Å². The topological polar surface area (TPSA) is 93.3 Å². The van der Waals surface area contributed by atoms with E-state index in [1.807, 2.05) is 16.7 Å². The van der Waals surface area contributed by atoms with Crippen LogP contribution in [-0.4, -0.2) is 58.8 Å². The van der Waals surface area contributed by atoms with Gasteiger partial charge in [-0.05, 0) is 12.8 Å². The van der Waals surface area contributed by atoms with E-state index < -0.39 is 17.8 Å². The summed E-state index contributed by atoms with van der Waals surface area (Å²) in [6.45, 7) is 7.23. The van der Waals surface area contributed by atoms with Crippen molar-refractivity contribution in [3.05, 3.63) is 18.0 Å². The number of alkyl halides is 3. The Morgan fingerprint density at radius 1 is 1.17 bits per heavy atom. The summed E-state index contributed by atoms with van der Waals surface area (Å²) >= 11 is 0. The molecule has 8 nitrogen and oxygen atoms in total. The highest BCUT2D eigenvalue weighted by Crippen LogP contribution is 2.37. The highest BCUT2D eigenvalue weighted by molar-refractivity contribution is 5.68. The van der Waals surface area contributed by atoms with Gasteiger partial charge in [0.1, 0.15) is 5.82 Å². The zero-order valence-electron chi connectivity index (χ0n) is 16.1. The minimum absolute atomic E-state index is 0.00641. The van der Waals surface area contributed by atoms with Crippen LogP contribution in [0.4, 0.5) is 30.9 Å². The van der Waals surface area contributed by atoms with Crippen molar-refractivity contribution in [2.45, 2.75) is 26.1 Å². The standard InChI is InChI=1S/C18H22F3N7O/c1-10-7-27(8-10)14-5-13(12-6-23-16(22)26-15(12)18(19,20)21)24-17(25-14)28-3-4-29-9-11(28)2/h5-6,10-11H,3-4,7-9H2,1-2H3,(H2,22,23,26). The predicted octanol–water partition coefficient (Wildman–Crippen LogP) is 2.22. The number of rotatable bonds is 3. The Morgan fingerprint density at radius 2 is 1.93 bits per heavy atom. The average Bonchev–Trinajstić information content (AvgIpc) is 2.65. The number of anilines is 3. The van der Waals surface area contributed by atoms with Gasteiger partial charge in [0.15, 0.2) is 5.69 Å². The SMILES string of the molecule is CC1CN(c2cc(-c3cnc(N)nc3C(F)(F)F)nc(N3CCOCC3C)n2)C1. The number of morpholine rings is 1. The largest absolute Gasteiger partial charge is 0.434 e. The molecule has 2 N–H and O–H groups in total. The molecule has 0 bridgehead atoms. The third-order valence-corrected chi connectivity index (χ3v) is 5.07. The maximum Gasteiger partial charge on any atom is 0.434 e. The van der Waals surface area contributed by atoms with Crippen molar-refractivity contribution in [1.82, 2.24) is 19.9 Å². The van der Waals surface area contributed by atoms with Crippen molar-refractivity contribution in [1.29, 1.82) is 0 Å². The second-order valence-electron chi connectivity index (χ2n) is 7.53. The number of hydrogen-bond donors (Lipinski definition) is 1. The number of hydrogen-bond acceptors (Lipinski definition) is 8. The van der Waals surface area contributed by atoms with Crippen molar-refractivity contribution < 1.29 is 17.9 Å². The first-order valence-electron chi connectivity index (χ1n) is 9.41. The van der Waals surface area contributed by atoms with Gasteiger partial charge in [-0.25, -0.2) is 15.0 Å². The summed E-state index contributed by atoms with van der Waals surface area (Å²) < 4.78 is 46.2. The van der Waals surface area contributed by atoms with Crippen LogP contribution in [0.3, 0.4) is 0 Å². The highest BCUT2D eigenvalue weighted by atomic mass is 19.4. The third kappa shape index (κ3) is 3.91. The molecule has 1 unspecified atom stereocenters. The van der Waals surface area contributed by atoms with E-state index >= 15 is 0 Å². The van der Waals surface area contributed by atoms with Crippen LogP contribution in [0.1, 0.15) is 19.5 Å². The first-order chi connectivity index (χ1) is 13.7. The van der Waals surface area contributed by atoms with Crippen LogP contribution in [0.15, 0.2) is 12.3 Å². The Labute approximate surface area is 165 Å². The number of nitrogen functional groups attached to an aromatic ring is 1. The molecule has 4 rings (SSSR count). The molecule has 2 aromatic heterocycles. The van der Waals surface area contributed by atoms with Gasteiger partial charge in [0, 0.05) is 37.5 Å². The van der Waals surface area contributed by atoms with Crippen molar-refractivity contribution in [3.63, 3.8) is 0 Å². The van der Waals surface area contributed by atoms with E-state index in [0.717, 1.165) is 19.3 Å². The van der Waals surface area contributed by atoms with Crippen molar-refractivity contribution in [2.75, 3.05) is 48.4 Å². The van der Waals surface area contributed by atoms with Gasteiger partial charge in [-0.3, -0.25) is 0 Å². The Morgan fingerprint density at radius 3 is 2.59 bits per heavy atom. The van der Waals surface area contributed by atoms with Gasteiger partial charge in [0.25, 0.3) is 0 Å². The smallest absolute Gasteiger partial charge is 0.377 e. The molecule has 1 atom stereocenters. The maximum absolute atomic E-state index is 13.6. The van der Waals surface area contributed by atoms with Crippen LogP contribution in [0.5, 0.6) is 0 Å². The van der Waals surface area contributed by atoms with E-state index in [2.05, 4.69) is 26.9 Å². The van der Waals surface area contributed by atoms with Gasteiger partial charge in [0.05, 0.1) is 24.9 Å². The van der Waals surface area contributed by atoms with Crippen molar-refractivity contribution in [3.8, 4) is 11.3 Å². The lowest BCUT2D eigenvalue weighted by molar-refractivity contribution is -0.140. The molecule has 29 heavy (non-hydrogen) atoms. The van der Waals surface area contributed by atoms with Crippen LogP contribution in [0.2, 0.25) is 0 Å². The van der Waals surface area contributed by atoms with Gasteiger partial charge in [0.2, 0.25) is 11.9 Å². The number of ether oxygens (including phenoxy) is 1. The molecule has 0 spiro atoms. The lowest BCUT2D eigenvalue weighted by Gasteiger charge is -2.39. The summed E-state index contributed by atoms with van der Waals surface area (Å²) in [5.74, 6) is 1.03. The molecule has 0 aromatic carbocycles. The quantitative estimate of drug-likeness (QED) is 0.825. The summed E-state index contributed by atoms with van der Waals surface area (Å²) in [4.78, 5) is 20.3. The van der Waals surface area contributed by atoms with Crippen LogP contribution in [0, 0.1) is 5.92 Å². The Bertz CT molecular complexity index is 902. The summed E-state index contributed by atoms with van der Waals surface area (Å²) in [6.07, 6.45) is -3.61. The monoisotopic (exact) mass is 409 g/mol. The first kappa shape index (κ1) is 19.6. The average molecular weight is 409 g/mol. The minimum Gasteiger partial charge on any atom is -0.377 e. The second-order valence-corrected chi connectivity index (χ2v) is 7.53. The molecule has 2 aliphatic heterocycles. The molecule has 11 heteroatoms. The van der Waals surface area contributed by atoms with Crippen LogP contribution in [0.25, 0.3) is 11.3 Å². The summed E-state index contributed by atoms with van der Waals surface area (Å²) in [6, 6.07) is 1.57. The fourth-order valence-electron chi connectivity index (χ4n) is 3.56. The van der Waals surface area contributed by atoms with Crippen LogP contribution >= 0.6 is 0 Å². The molecule has 0 radical (unpaired) electrons. The van der Waals surface area contributed by atoms with E-state index in [-0.39, 0.29) is 17.3 Å². The van der Waals surface area contributed by atoms with E-state index in [4.69, 9.17) is 10.5 Å². The number of nitrogens with zero attached hydrogens (tertiary/aromatic N) is 6. The van der Waals surface area contributed by atoms with Gasteiger partial charge in [-0.1, -0.05) is 6.92 Å². The lowest BCUT2D eigenvalue weighted by atomic mass is 10.0. The zero-order valence-corrected chi connectivity index (χ0v) is 16.1. The molecular weight excluding hydrogens is 387 g/mol. The molecule has 0 amide bonds. The summed E-state index contributed by atoms with van der Waals surface area (Å²) in [5.41, 5.74) is 4.21. The zero-order chi connectivity index (χ0) is 20.8. The van der Waals surface area contributed by atoms with Crippen molar-refractivity contribution in [2.24, 2.45) is 5.92 Å². The Kier molecular flexibility index (Phi) is 4.93. The van der Waals surface area contributed by atoms with Crippen LogP contribution in [-0.2, 0) is 10.9 Å². The van der Waals surface area contributed by atoms with Gasteiger partial charge < -0.3 is 20.3 Å². The molecule has 2 aromatic rings. The van der Waals surface area contributed by atoms with E-state index in [1.165, 1.54) is 0 Å². The molecule has 2 saturated heterocycles. The maximum atomic E-state index is 13.6. The Hall–Kier alpha value is -2.69. The fraction of sp³-hybridized carbons (Fsp3) is 0.556. The van der Waals surface area contributed by atoms with Crippen molar-refractivity contribution >= 4 is 17.7 Å². The molecule has 0 aliphatic carbocycles. The van der Waals surface area contributed by atoms with E-state index in [9.17, 15) is 13.2 Å².